The number of hydrogen-bond donors (Lipinski definition) is 1. The van der Waals surface area contributed by atoms with Gasteiger partial charge < -0.3 is 10.2 Å². The van der Waals surface area contributed by atoms with Crippen LogP contribution in [0.3, 0.4) is 0 Å². The van der Waals surface area contributed by atoms with E-state index in [1.54, 1.807) is 0 Å². The Labute approximate surface area is 160 Å². The summed E-state index contributed by atoms with van der Waals surface area (Å²) < 4.78 is 0. The number of anilines is 1. The van der Waals surface area contributed by atoms with Gasteiger partial charge in [0.05, 0.1) is 16.7 Å². The summed E-state index contributed by atoms with van der Waals surface area (Å²) in [7, 11) is 0. The van der Waals surface area contributed by atoms with Crippen molar-refractivity contribution >= 4 is 44.8 Å². The molecule has 0 spiro atoms. The lowest BCUT2D eigenvalue weighted by Crippen LogP contribution is -2.43. The van der Waals surface area contributed by atoms with Crippen LogP contribution < -0.4 is 5.32 Å². The van der Waals surface area contributed by atoms with Gasteiger partial charge in [-0.05, 0) is 44.1 Å². The summed E-state index contributed by atoms with van der Waals surface area (Å²) in [4.78, 5) is 7.18. The molecule has 0 atom stereocenters. The van der Waals surface area contributed by atoms with Crippen molar-refractivity contribution in [1.29, 1.82) is 0 Å². The first kappa shape index (κ1) is 17.2. The van der Waals surface area contributed by atoms with Crippen LogP contribution in [-0.4, -0.2) is 27.6 Å². The Morgan fingerprint density at radius 1 is 1.00 bits per heavy atom. The standard InChI is InChI=1S/C22H25N3S/c1-2-25(16-10-4-3-5-11-16)22(26)24-21-17-12-6-8-14-19(17)23-20-15-9-7-13-18(20)21/h6-9,12-16H,2-5,10-11H2,1H3,(H,23,24,26). The van der Waals surface area contributed by atoms with Crippen molar-refractivity contribution < 1.29 is 0 Å². The van der Waals surface area contributed by atoms with Gasteiger partial charge >= 0.3 is 0 Å². The molecule has 3 aromatic rings. The van der Waals surface area contributed by atoms with Crippen LogP contribution in [0.4, 0.5) is 5.69 Å². The second-order valence-corrected chi connectivity index (χ2v) is 7.42. The largest absolute Gasteiger partial charge is 0.346 e. The Balaban J connectivity index is 1.73. The van der Waals surface area contributed by atoms with Crippen molar-refractivity contribution in [3.63, 3.8) is 0 Å². The molecule has 3 nitrogen and oxygen atoms in total. The highest BCUT2D eigenvalue weighted by molar-refractivity contribution is 7.80. The van der Waals surface area contributed by atoms with Gasteiger partial charge in [-0.1, -0.05) is 55.7 Å². The van der Waals surface area contributed by atoms with E-state index in [0.29, 0.717) is 6.04 Å². The zero-order valence-corrected chi connectivity index (χ0v) is 16.1. The highest BCUT2D eigenvalue weighted by atomic mass is 32.1. The average Bonchev–Trinajstić information content (AvgIpc) is 2.69. The number of pyridine rings is 1. The van der Waals surface area contributed by atoms with Gasteiger partial charge in [-0.25, -0.2) is 4.98 Å². The fourth-order valence-electron chi connectivity index (χ4n) is 4.11. The van der Waals surface area contributed by atoms with Gasteiger partial charge in [0, 0.05) is 23.4 Å². The highest BCUT2D eigenvalue weighted by Gasteiger charge is 2.22. The summed E-state index contributed by atoms with van der Waals surface area (Å²) in [6.07, 6.45) is 6.46. The molecule has 1 N–H and O–H groups in total. The van der Waals surface area contributed by atoms with E-state index in [2.05, 4.69) is 53.5 Å². The van der Waals surface area contributed by atoms with E-state index in [1.807, 2.05) is 12.1 Å². The maximum Gasteiger partial charge on any atom is 0.173 e. The summed E-state index contributed by atoms with van der Waals surface area (Å²) in [6, 6.07) is 17.1. The van der Waals surface area contributed by atoms with Crippen LogP contribution in [0, 0.1) is 0 Å². The molecular weight excluding hydrogens is 338 g/mol. The van der Waals surface area contributed by atoms with Gasteiger partial charge in [-0.15, -0.1) is 0 Å². The predicted octanol–water partition coefficient (Wildman–Crippen LogP) is 5.74. The Hall–Kier alpha value is -2.20. The number of nitrogens with one attached hydrogen (secondary N) is 1. The SMILES string of the molecule is CCN(C(=S)Nc1c2ccccc2nc2ccccc12)C1CCCCC1. The molecular formula is C22H25N3S. The van der Waals surface area contributed by atoms with Crippen molar-refractivity contribution in [2.45, 2.75) is 45.1 Å². The van der Waals surface area contributed by atoms with E-state index in [9.17, 15) is 0 Å². The average molecular weight is 364 g/mol. The van der Waals surface area contributed by atoms with Gasteiger partial charge in [-0.3, -0.25) is 0 Å². The lowest BCUT2D eigenvalue weighted by Gasteiger charge is -2.35. The minimum atomic E-state index is 0.563. The van der Waals surface area contributed by atoms with Gasteiger partial charge in [0.25, 0.3) is 0 Å². The molecule has 0 aliphatic heterocycles. The summed E-state index contributed by atoms with van der Waals surface area (Å²) in [5, 5.41) is 6.67. The zero-order valence-electron chi connectivity index (χ0n) is 15.2. The van der Waals surface area contributed by atoms with Gasteiger partial charge in [0.2, 0.25) is 0 Å². The topological polar surface area (TPSA) is 28.2 Å². The molecule has 0 unspecified atom stereocenters. The molecule has 1 aromatic heterocycles. The van der Waals surface area contributed by atoms with Gasteiger partial charge in [0.1, 0.15) is 0 Å². The van der Waals surface area contributed by atoms with E-state index < -0.39 is 0 Å². The summed E-state index contributed by atoms with van der Waals surface area (Å²) >= 11 is 5.86. The molecule has 1 heterocycles. The van der Waals surface area contributed by atoms with Crippen LogP contribution >= 0.6 is 12.2 Å². The number of benzene rings is 2. The Kier molecular flexibility index (Phi) is 5.02. The maximum atomic E-state index is 5.86. The Bertz CT molecular complexity index is 877. The maximum absolute atomic E-state index is 5.86. The number of thiocarbonyl (C=S) groups is 1. The fraction of sp³-hybridized carbons (Fsp3) is 0.364. The van der Waals surface area contributed by atoms with Gasteiger partial charge in [-0.2, -0.15) is 0 Å². The Morgan fingerprint density at radius 3 is 2.15 bits per heavy atom. The molecule has 4 heteroatoms. The number of nitrogens with zero attached hydrogens (tertiary/aromatic N) is 2. The molecule has 4 rings (SSSR count). The number of aromatic nitrogens is 1. The van der Waals surface area contributed by atoms with Crippen LogP contribution in [0.25, 0.3) is 21.8 Å². The van der Waals surface area contributed by atoms with Crippen molar-refractivity contribution in [1.82, 2.24) is 9.88 Å². The third-order valence-electron chi connectivity index (χ3n) is 5.44. The molecule has 1 saturated carbocycles. The van der Waals surface area contributed by atoms with Crippen LogP contribution in [0.15, 0.2) is 48.5 Å². The van der Waals surface area contributed by atoms with E-state index in [1.165, 1.54) is 32.1 Å². The molecule has 0 radical (unpaired) electrons. The third-order valence-corrected chi connectivity index (χ3v) is 5.77. The van der Waals surface area contributed by atoms with Gasteiger partial charge in [0.15, 0.2) is 5.11 Å². The van der Waals surface area contributed by atoms with E-state index in [-0.39, 0.29) is 0 Å². The monoisotopic (exact) mass is 363 g/mol. The lowest BCUT2D eigenvalue weighted by atomic mass is 9.94. The number of hydrogen-bond acceptors (Lipinski definition) is 2. The molecule has 0 bridgehead atoms. The fourth-order valence-corrected chi connectivity index (χ4v) is 4.49. The van der Waals surface area contributed by atoms with Crippen LogP contribution in [-0.2, 0) is 0 Å². The lowest BCUT2D eigenvalue weighted by molar-refractivity contribution is 0.255. The van der Waals surface area contributed by atoms with Crippen molar-refractivity contribution in [3.05, 3.63) is 48.5 Å². The quantitative estimate of drug-likeness (QED) is 0.474. The molecule has 0 amide bonds. The second kappa shape index (κ2) is 7.58. The first-order valence-electron chi connectivity index (χ1n) is 9.63. The highest BCUT2D eigenvalue weighted by Crippen LogP contribution is 2.31. The van der Waals surface area contributed by atoms with Crippen LogP contribution in [0.5, 0.6) is 0 Å². The summed E-state index contributed by atoms with van der Waals surface area (Å²) in [5.41, 5.74) is 3.07. The molecule has 134 valence electrons. The normalized spacial score (nSPS) is 15.3. The first-order chi connectivity index (χ1) is 12.8. The van der Waals surface area contributed by atoms with Crippen LogP contribution in [0.2, 0.25) is 0 Å². The van der Waals surface area contributed by atoms with E-state index in [0.717, 1.165) is 39.2 Å². The van der Waals surface area contributed by atoms with Crippen LogP contribution in [0.1, 0.15) is 39.0 Å². The smallest absolute Gasteiger partial charge is 0.173 e. The summed E-state index contributed by atoms with van der Waals surface area (Å²) in [5.74, 6) is 0. The number of para-hydroxylation sites is 2. The minimum absolute atomic E-state index is 0.563. The Morgan fingerprint density at radius 2 is 1.58 bits per heavy atom. The van der Waals surface area contributed by atoms with E-state index >= 15 is 0 Å². The van der Waals surface area contributed by atoms with Crippen molar-refractivity contribution in [2.24, 2.45) is 0 Å². The first-order valence-corrected chi connectivity index (χ1v) is 10.0. The minimum Gasteiger partial charge on any atom is -0.346 e. The third kappa shape index (κ3) is 3.26. The molecule has 1 fully saturated rings. The molecule has 1 aliphatic rings. The molecule has 2 aromatic carbocycles. The molecule has 0 saturated heterocycles. The zero-order chi connectivity index (χ0) is 17.9. The number of rotatable bonds is 3. The van der Waals surface area contributed by atoms with E-state index in [4.69, 9.17) is 17.2 Å². The predicted molar refractivity (Wildman–Crippen MR) is 115 cm³/mol. The van der Waals surface area contributed by atoms with Crippen molar-refractivity contribution in [2.75, 3.05) is 11.9 Å². The molecule has 26 heavy (non-hydrogen) atoms. The van der Waals surface area contributed by atoms with Crippen molar-refractivity contribution in [3.8, 4) is 0 Å². The molecule has 1 aliphatic carbocycles. The number of fused-ring (bicyclic) bond motifs is 2. The second-order valence-electron chi connectivity index (χ2n) is 7.03. The summed E-state index contributed by atoms with van der Waals surface area (Å²) in [6.45, 7) is 3.14.